The summed E-state index contributed by atoms with van der Waals surface area (Å²) in [5, 5.41) is 3.90. The van der Waals surface area contributed by atoms with Crippen LogP contribution >= 0.6 is 0 Å². The van der Waals surface area contributed by atoms with Gasteiger partial charge in [0.25, 0.3) is 0 Å². The second kappa shape index (κ2) is 4.11. The van der Waals surface area contributed by atoms with E-state index in [-0.39, 0.29) is 0 Å². The molecule has 1 aromatic rings. The molecule has 0 fully saturated rings. The largest absolute Gasteiger partial charge is 0.358 e. The van der Waals surface area contributed by atoms with Crippen molar-refractivity contribution in [1.82, 2.24) is 5.16 Å². The summed E-state index contributed by atoms with van der Waals surface area (Å²) in [6, 6.07) is 1.88. The SMILES string of the molecule is CCN(CC)c1cc(CN)on1. The van der Waals surface area contributed by atoms with Crippen molar-refractivity contribution in [3.05, 3.63) is 11.8 Å². The number of rotatable bonds is 4. The molecule has 0 bridgehead atoms. The normalized spacial score (nSPS) is 10.2. The average molecular weight is 169 g/mol. The van der Waals surface area contributed by atoms with Crippen LogP contribution in [0, 0.1) is 0 Å². The molecule has 0 radical (unpaired) electrons. The van der Waals surface area contributed by atoms with Crippen molar-refractivity contribution >= 4 is 5.82 Å². The molecule has 4 heteroatoms. The van der Waals surface area contributed by atoms with Gasteiger partial charge < -0.3 is 15.2 Å². The van der Waals surface area contributed by atoms with Gasteiger partial charge in [0, 0.05) is 19.2 Å². The van der Waals surface area contributed by atoms with E-state index in [4.69, 9.17) is 10.3 Å². The van der Waals surface area contributed by atoms with Crippen molar-refractivity contribution in [1.29, 1.82) is 0 Å². The summed E-state index contributed by atoms with van der Waals surface area (Å²) in [6.07, 6.45) is 0. The fourth-order valence-electron chi connectivity index (χ4n) is 1.09. The Balaban J connectivity index is 2.72. The van der Waals surface area contributed by atoms with Gasteiger partial charge >= 0.3 is 0 Å². The second-order valence-corrected chi connectivity index (χ2v) is 2.53. The third kappa shape index (κ3) is 1.76. The highest BCUT2D eigenvalue weighted by Crippen LogP contribution is 2.12. The smallest absolute Gasteiger partial charge is 0.172 e. The van der Waals surface area contributed by atoms with Crippen molar-refractivity contribution in [2.24, 2.45) is 5.73 Å². The first kappa shape index (κ1) is 9.06. The number of anilines is 1. The molecular weight excluding hydrogens is 154 g/mol. The van der Waals surface area contributed by atoms with Crippen molar-refractivity contribution in [3.8, 4) is 0 Å². The fraction of sp³-hybridized carbons (Fsp3) is 0.625. The summed E-state index contributed by atoms with van der Waals surface area (Å²) in [4.78, 5) is 2.11. The highest BCUT2D eigenvalue weighted by Gasteiger charge is 2.07. The number of aromatic nitrogens is 1. The molecule has 0 aliphatic rings. The highest BCUT2D eigenvalue weighted by molar-refractivity contribution is 5.37. The molecule has 1 aromatic heterocycles. The molecule has 1 rings (SSSR count). The van der Waals surface area contributed by atoms with Crippen LogP contribution in [-0.2, 0) is 6.54 Å². The molecule has 0 aromatic carbocycles. The van der Waals surface area contributed by atoms with Crippen molar-refractivity contribution in [3.63, 3.8) is 0 Å². The molecule has 0 amide bonds. The lowest BCUT2D eigenvalue weighted by Gasteiger charge is -2.15. The Morgan fingerprint density at radius 3 is 2.58 bits per heavy atom. The number of nitrogens with zero attached hydrogens (tertiary/aromatic N) is 2. The summed E-state index contributed by atoms with van der Waals surface area (Å²) >= 11 is 0. The monoisotopic (exact) mass is 169 g/mol. The summed E-state index contributed by atoms with van der Waals surface area (Å²) in [6.45, 7) is 6.45. The zero-order chi connectivity index (χ0) is 8.97. The van der Waals surface area contributed by atoms with E-state index in [1.807, 2.05) is 6.07 Å². The maximum absolute atomic E-state index is 5.39. The lowest BCUT2D eigenvalue weighted by molar-refractivity contribution is 0.385. The first-order valence-electron chi connectivity index (χ1n) is 4.22. The quantitative estimate of drug-likeness (QED) is 0.730. The van der Waals surface area contributed by atoms with Gasteiger partial charge in [0.2, 0.25) is 0 Å². The Labute approximate surface area is 72.3 Å². The molecule has 0 unspecified atom stereocenters. The predicted octanol–water partition coefficient (Wildman–Crippen LogP) is 0.979. The third-order valence-electron chi connectivity index (χ3n) is 1.84. The van der Waals surface area contributed by atoms with Crippen LogP contribution in [-0.4, -0.2) is 18.2 Å². The maximum Gasteiger partial charge on any atom is 0.172 e. The van der Waals surface area contributed by atoms with Gasteiger partial charge in [0.05, 0.1) is 6.54 Å². The van der Waals surface area contributed by atoms with Crippen LogP contribution in [0.15, 0.2) is 10.6 Å². The van der Waals surface area contributed by atoms with Gasteiger partial charge in [-0.2, -0.15) is 0 Å². The lowest BCUT2D eigenvalue weighted by Crippen LogP contribution is -2.21. The van der Waals surface area contributed by atoms with Gasteiger partial charge in [0.1, 0.15) is 0 Å². The van der Waals surface area contributed by atoms with Gasteiger partial charge in [-0.3, -0.25) is 0 Å². The molecule has 1 heterocycles. The standard InChI is InChI=1S/C8H15N3O/c1-3-11(4-2)8-5-7(6-9)12-10-8/h5H,3-4,6,9H2,1-2H3. The van der Waals surface area contributed by atoms with Crippen LogP contribution in [0.2, 0.25) is 0 Å². The first-order chi connectivity index (χ1) is 5.81. The number of hydrogen-bond acceptors (Lipinski definition) is 4. The van der Waals surface area contributed by atoms with Crippen molar-refractivity contribution in [2.45, 2.75) is 20.4 Å². The van der Waals surface area contributed by atoms with Gasteiger partial charge in [0.15, 0.2) is 11.6 Å². The highest BCUT2D eigenvalue weighted by atomic mass is 16.5. The minimum atomic E-state index is 0.411. The van der Waals surface area contributed by atoms with Crippen molar-refractivity contribution in [2.75, 3.05) is 18.0 Å². The molecule has 4 nitrogen and oxygen atoms in total. The molecular formula is C8H15N3O. The molecule has 68 valence electrons. The Morgan fingerprint density at radius 2 is 2.17 bits per heavy atom. The van der Waals surface area contributed by atoms with E-state index in [1.54, 1.807) is 0 Å². The predicted molar refractivity (Wildman–Crippen MR) is 48.0 cm³/mol. The van der Waals surface area contributed by atoms with Crippen molar-refractivity contribution < 1.29 is 4.52 Å². The van der Waals surface area contributed by atoms with E-state index in [2.05, 4.69) is 23.9 Å². The van der Waals surface area contributed by atoms with Crippen LogP contribution in [0.1, 0.15) is 19.6 Å². The van der Waals surface area contributed by atoms with Gasteiger partial charge in [-0.15, -0.1) is 0 Å². The minimum Gasteiger partial charge on any atom is -0.358 e. The van der Waals surface area contributed by atoms with E-state index >= 15 is 0 Å². The Morgan fingerprint density at radius 1 is 1.50 bits per heavy atom. The fourth-order valence-corrected chi connectivity index (χ4v) is 1.09. The van der Waals surface area contributed by atoms with E-state index in [0.29, 0.717) is 6.54 Å². The zero-order valence-electron chi connectivity index (χ0n) is 7.58. The first-order valence-corrected chi connectivity index (χ1v) is 4.22. The van der Waals surface area contributed by atoms with Crippen LogP contribution in [0.25, 0.3) is 0 Å². The van der Waals surface area contributed by atoms with E-state index < -0.39 is 0 Å². The molecule has 0 saturated carbocycles. The molecule has 0 aliphatic carbocycles. The maximum atomic E-state index is 5.39. The summed E-state index contributed by atoms with van der Waals surface area (Å²) in [7, 11) is 0. The Hall–Kier alpha value is -1.03. The van der Waals surface area contributed by atoms with E-state index in [9.17, 15) is 0 Å². The van der Waals surface area contributed by atoms with Crippen LogP contribution in [0.3, 0.4) is 0 Å². The van der Waals surface area contributed by atoms with Crippen LogP contribution in [0.5, 0.6) is 0 Å². The van der Waals surface area contributed by atoms with Gasteiger partial charge in [-0.05, 0) is 13.8 Å². The van der Waals surface area contributed by atoms with Crippen LogP contribution < -0.4 is 10.6 Å². The number of nitrogens with two attached hydrogens (primary N) is 1. The molecule has 2 N–H and O–H groups in total. The Kier molecular flexibility index (Phi) is 3.10. The summed E-state index contributed by atoms with van der Waals surface area (Å²) < 4.78 is 4.98. The van der Waals surface area contributed by atoms with E-state index in [0.717, 1.165) is 24.7 Å². The minimum absolute atomic E-state index is 0.411. The number of hydrogen-bond donors (Lipinski definition) is 1. The summed E-state index contributed by atoms with van der Waals surface area (Å²) in [5.74, 6) is 1.61. The van der Waals surface area contributed by atoms with Gasteiger partial charge in [-0.1, -0.05) is 5.16 Å². The molecule has 0 atom stereocenters. The zero-order valence-corrected chi connectivity index (χ0v) is 7.58. The average Bonchev–Trinajstić information content (AvgIpc) is 2.55. The molecule has 0 spiro atoms. The van der Waals surface area contributed by atoms with E-state index in [1.165, 1.54) is 0 Å². The molecule has 12 heavy (non-hydrogen) atoms. The second-order valence-electron chi connectivity index (χ2n) is 2.53. The van der Waals surface area contributed by atoms with Crippen LogP contribution in [0.4, 0.5) is 5.82 Å². The third-order valence-corrected chi connectivity index (χ3v) is 1.84. The molecule has 0 aliphatic heterocycles. The van der Waals surface area contributed by atoms with Gasteiger partial charge in [-0.25, -0.2) is 0 Å². The molecule has 0 saturated heterocycles. The Bertz CT molecular complexity index is 230. The lowest BCUT2D eigenvalue weighted by atomic mass is 10.4. The topological polar surface area (TPSA) is 55.3 Å². The summed E-state index contributed by atoms with van der Waals surface area (Å²) in [5.41, 5.74) is 5.39.